The fraction of sp³-hybridized carbons (Fsp3) is 0.154. The number of para-hydroxylation sites is 2. The first-order valence-corrected chi connectivity index (χ1v) is 10.8. The molecule has 0 unspecified atom stereocenters. The third kappa shape index (κ3) is 2.89. The number of aromatic amines is 1. The number of hydrogen-bond acceptors (Lipinski definition) is 4. The molecule has 0 saturated carbocycles. The van der Waals surface area contributed by atoms with Crippen molar-refractivity contribution in [2.45, 2.75) is 19.1 Å². The van der Waals surface area contributed by atoms with Crippen molar-refractivity contribution >= 4 is 34.1 Å². The first-order chi connectivity index (χ1) is 16.0. The van der Waals surface area contributed by atoms with Crippen molar-refractivity contribution in [1.82, 2.24) is 4.98 Å². The number of carbonyl (C=O) groups is 2. The standard InChI is InChI=1S/C26H20FN3O3/c1-15-21(19-9-5-6-10-20(19)28-15)23-22-24(33-30(23)18-7-3-2-4-8-18)26(32)29(25(22)31)17-13-11-16(27)12-14-17/h2-14,22-24,28H,1H3/t22-,23-,24-/m1/s1. The van der Waals surface area contributed by atoms with Gasteiger partial charge in [-0.3, -0.25) is 14.4 Å². The Labute approximate surface area is 189 Å². The number of nitrogens with one attached hydrogen (secondary N) is 1. The van der Waals surface area contributed by atoms with Crippen LogP contribution in [0.1, 0.15) is 17.3 Å². The summed E-state index contributed by atoms with van der Waals surface area (Å²) in [5.41, 5.74) is 3.88. The first kappa shape index (κ1) is 19.7. The molecule has 1 N–H and O–H groups in total. The van der Waals surface area contributed by atoms with Gasteiger partial charge in [0.1, 0.15) is 11.7 Å². The lowest BCUT2D eigenvalue weighted by Gasteiger charge is -2.29. The van der Waals surface area contributed by atoms with E-state index in [1.54, 1.807) is 5.06 Å². The minimum atomic E-state index is -0.971. The number of hydroxylamine groups is 1. The summed E-state index contributed by atoms with van der Waals surface area (Å²) in [6.07, 6.45) is -0.971. The molecule has 4 aromatic rings. The van der Waals surface area contributed by atoms with Crippen LogP contribution in [-0.4, -0.2) is 22.9 Å². The highest BCUT2D eigenvalue weighted by Crippen LogP contribution is 2.49. The SMILES string of the molecule is Cc1[nH]c2ccccc2c1[C@@H]1[C@H]2C(=O)N(c3ccc(F)cc3)C(=O)[C@@H]2ON1c1ccccc1. The number of carbonyl (C=O) groups excluding carboxylic acids is 2. The molecular formula is C26H20FN3O3. The Morgan fingerprint density at radius 1 is 0.848 bits per heavy atom. The summed E-state index contributed by atoms with van der Waals surface area (Å²) in [7, 11) is 0. The van der Waals surface area contributed by atoms with Crippen molar-refractivity contribution in [3.63, 3.8) is 0 Å². The second-order valence-electron chi connectivity index (χ2n) is 8.36. The highest BCUT2D eigenvalue weighted by molar-refractivity contribution is 6.24. The Morgan fingerprint density at radius 3 is 2.30 bits per heavy atom. The Kier molecular flexibility index (Phi) is 4.35. The molecular weight excluding hydrogens is 421 g/mol. The van der Waals surface area contributed by atoms with Crippen LogP contribution < -0.4 is 9.96 Å². The predicted molar refractivity (Wildman–Crippen MR) is 122 cm³/mol. The summed E-state index contributed by atoms with van der Waals surface area (Å²) in [6, 6.07) is 22.2. The van der Waals surface area contributed by atoms with Gasteiger partial charge in [0, 0.05) is 22.2 Å². The number of benzene rings is 3. The van der Waals surface area contributed by atoms with Crippen LogP contribution in [0.15, 0.2) is 78.9 Å². The van der Waals surface area contributed by atoms with Crippen LogP contribution in [0.5, 0.6) is 0 Å². The van der Waals surface area contributed by atoms with Crippen LogP contribution in [0.2, 0.25) is 0 Å². The largest absolute Gasteiger partial charge is 0.358 e. The summed E-state index contributed by atoms with van der Waals surface area (Å²) in [5, 5.41) is 2.67. The minimum absolute atomic E-state index is 0.338. The molecule has 164 valence electrons. The van der Waals surface area contributed by atoms with Gasteiger partial charge in [0.2, 0.25) is 5.91 Å². The molecule has 0 bridgehead atoms. The number of halogens is 1. The molecule has 2 saturated heterocycles. The maximum Gasteiger partial charge on any atom is 0.266 e. The van der Waals surface area contributed by atoms with Crippen LogP contribution in [0.25, 0.3) is 10.9 Å². The van der Waals surface area contributed by atoms with E-state index in [0.29, 0.717) is 5.69 Å². The molecule has 6 nitrogen and oxygen atoms in total. The topological polar surface area (TPSA) is 65.6 Å². The number of imide groups is 1. The molecule has 3 heterocycles. The average Bonchev–Trinajstić information content (AvgIpc) is 3.44. The quantitative estimate of drug-likeness (QED) is 0.470. The van der Waals surface area contributed by atoms with Gasteiger partial charge in [-0.05, 0) is 49.4 Å². The number of fused-ring (bicyclic) bond motifs is 2. The van der Waals surface area contributed by atoms with Crippen LogP contribution in [-0.2, 0) is 14.4 Å². The number of rotatable bonds is 3. The van der Waals surface area contributed by atoms with Crippen LogP contribution in [0.4, 0.5) is 15.8 Å². The van der Waals surface area contributed by atoms with Gasteiger partial charge in [-0.1, -0.05) is 36.4 Å². The van der Waals surface area contributed by atoms with Gasteiger partial charge in [0.15, 0.2) is 6.10 Å². The molecule has 0 radical (unpaired) electrons. The highest BCUT2D eigenvalue weighted by atomic mass is 19.1. The maximum atomic E-state index is 13.7. The van der Waals surface area contributed by atoms with E-state index in [0.717, 1.165) is 32.7 Å². The van der Waals surface area contributed by atoms with Crippen molar-refractivity contribution in [1.29, 1.82) is 0 Å². The van der Waals surface area contributed by atoms with Gasteiger partial charge in [-0.15, -0.1) is 0 Å². The van der Waals surface area contributed by atoms with Gasteiger partial charge in [0.05, 0.1) is 17.4 Å². The van der Waals surface area contributed by atoms with Crippen LogP contribution >= 0.6 is 0 Å². The van der Waals surface area contributed by atoms with Crippen molar-refractivity contribution < 1.29 is 18.8 Å². The number of nitrogens with zero attached hydrogens (tertiary/aromatic N) is 2. The van der Waals surface area contributed by atoms with E-state index in [-0.39, 0.29) is 5.91 Å². The summed E-state index contributed by atoms with van der Waals surface area (Å²) in [4.78, 5) is 37.8. The lowest BCUT2D eigenvalue weighted by molar-refractivity contribution is -0.126. The van der Waals surface area contributed by atoms with Gasteiger partial charge in [0.25, 0.3) is 5.91 Å². The minimum Gasteiger partial charge on any atom is -0.358 e. The molecule has 7 heteroatoms. The molecule has 3 atom stereocenters. The summed E-state index contributed by atoms with van der Waals surface area (Å²) >= 11 is 0. The first-order valence-electron chi connectivity index (χ1n) is 10.8. The van der Waals surface area contributed by atoms with Crippen molar-refractivity contribution in [2.75, 3.05) is 9.96 Å². The molecule has 6 rings (SSSR count). The zero-order valence-electron chi connectivity index (χ0n) is 17.7. The lowest BCUT2D eigenvalue weighted by Crippen LogP contribution is -2.37. The zero-order valence-corrected chi connectivity index (χ0v) is 17.7. The molecule has 1 aromatic heterocycles. The van der Waals surface area contributed by atoms with E-state index in [9.17, 15) is 14.0 Å². The molecule has 3 aromatic carbocycles. The van der Waals surface area contributed by atoms with E-state index < -0.39 is 29.8 Å². The Bertz CT molecular complexity index is 1380. The highest BCUT2D eigenvalue weighted by Gasteiger charge is 2.60. The Balaban J connectivity index is 1.51. The van der Waals surface area contributed by atoms with E-state index in [1.807, 2.05) is 61.5 Å². The molecule has 0 aliphatic carbocycles. The number of H-pyrrole nitrogens is 1. The fourth-order valence-corrected chi connectivity index (χ4v) is 5.03. The van der Waals surface area contributed by atoms with Crippen molar-refractivity contribution in [2.24, 2.45) is 5.92 Å². The molecule has 2 aliphatic heterocycles. The molecule has 0 spiro atoms. The van der Waals surface area contributed by atoms with Gasteiger partial charge < -0.3 is 4.98 Å². The fourth-order valence-electron chi connectivity index (χ4n) is 5.03. The summed E-state index contributed by atoms with van der Waals surface area (Å²) < 4.78 is 13.5. The number of hydrogen-bond donors (Lipinski definition) is 1. The van der Waals surface area contributed by atoms with Crippen LogP contribution in [0.3, 0.4) is 0 Å². The van der Waals surface area contributed by atoms with Gasteiger partial charge in [-0.2, -0.15) is 0 Å². The molecule has 2 aliphatic rings. The van der Waals surface area contributed by atoms with Crippen LogP contribution in [0, 0.1) is 18.7 Å². The number of anilines is 2. The van der Waals surface area contributed by atoms with E-state index >= 15 is 0 Å². The smallest absolute Gasteiger partial charge is 0.266 e. The number of amides is 2. The van der Waals surface area contributed by atoms with E-state index in [2.05, 4.69) is 4.98 Å². The molecule has 33 heavy (non-hydrogen) atoms. The Morgan fingerprint density at radius 2 is 1.55 bits per heavy atom. The average molecular weight is 441 g/mol. The third-order valence-corrected chi connectivity index (χ3v) is 6.45. The monoisotopic (exact) mass is 441 g/mol. The maximum absolute atomic E-state index is 13.7. The summed E-state index contributed by atoms with van der Waals surface area (Å²) in [5.74, 6) is -1.99. The van der Waals surface area contributed by atoms with E-state index in [1.165, 1.54) is 24.3 Å². The molecule has 2 amide bonds. The summed E-state index contributed by atoms with van der Waals surface area (Å²) in [6.45, 7) is 1.96. The number of aromatic nitrogens is 1. The predicted octanol–water partition coefficient (Wildman–Crippen LogP) is 4.67. The third-order valence-electron chi connectivity index (χ3n) is 6.45. The normalized spacial score (nSPS) is 22.4. The Hall–Kier alpha value is -3.97. The van der Waals surface area contributed by atoms with Crippen molar-refractivity contribution in [3.8, 4) is 0 Å². The zero-order chi connectivity index (χ0) is 22.7. The van der Waals surface area contributed by atoms with E-state index in [4.69, 9.17) is 4.84 Å². The van der Waals surface area contributed by atoms with Crippen molar-refractivity contribution in [3.05, 3.63) is 95.9 Å². The van der Waals surface area contributed by atoms with Gasteiger partial charge >= 0.3 is 0 Å². The second kappa shape index (κ2) is 7.28. The number of aryl methyl sites for hydroxylation is 1. The second-order valence-corrected chi connectivity index (χ2v) is 8.36. The lowest BCUT2D eigenvalue weighted by atomic mass is 9.89. The molecule has 2 fully saturated rings. The van der Waals surface area contributed by atoms with Gasteiger partial charge in [-0.25, -0.2) is 14.4 Å².